The number of para-hydroxylation sites is 1. The van der Waals surface area contributed by atoms with E-state index in [4.69, 9.17) is 15.2 Å². The highest BCUT2D eigenvalue weighted by molar-refractivity contribution is 5.54. The smallest absolute Gasteiger partial charge is 0.239 e. The predicted molar refractivity (Wildman–Crippen MR) is 84.8 cm³/mol. The van der Waals surface area contributed by atoms with Gasteiger partial charge in [0.2, 0.25) is 5.88 Å². The number of aromatic nitrogens is 1. The first-order valence-electron chi connectivity index (χ1n) is 6.99. The Hall–Kier alpha value is -2.43. The molecule has 0 atom stereocenters. The first kappa shape index (κ1) is 15.0. The fourth-order valence-electron chi connectivity index (χ4n) is 1.90. The Morgan fingerprint density at radius 1 is 1.19 bits per heavy atom. The van der Waals surface area contributed by atoms with Gasteiger partial charge in [-0.1, -0.05) is 25.1 Å². The van der Waals surface area contributed by atoms with Crippen molar-refractivity contribution in [3.63, 3.8) is 0 Å². The number of methoxy groups -OCH3 is 1. The summed E-state index contributed by atoms with van der Waals surface area (Å²) in [7, 11) is 1.66. The molecule has 1 aromatic carbocycles. The quantitative estimate of drug-likeness (QED) is 0.819. The minimum Gasteiger partial charge on any atom is -0.496 e. The minimum atomic E-state index is 0.474. The fourth-order valence-corrected chi connectivity index (χ4v) is 1.90. The predicted octanol–water partition coefficient (Wildman–Crippen LogP) is 3.07. The number of anilines is 2. The molecule has 112 valence electrons. The van der Waals surface area contributed by atoms with Crippen LogP contribution < -0.4 is 20.5 Å². The van der Waals surface area contributed by atoms with Crippen LogP contribution in [0.4, 0.5) is 11.5 Å². The average molecular weight is 287 g/mol. The van der Waals surface area contributed by atoms with Crippen molar-refractivity contribution in [2.45, 2.75) is 19.9 Å². The molecule has 0 bridgehead atoms. The fraction of sp³-hybridized carbons (Fsp3) is 0.312. The molecule has 3 N–H and O–H groups in total. The van der Waals surface area contributed by atoms with E-state index in [0.717, 1.165) is 23.6 Å². The van der Waals surface area contributed by atoms with E-state index >= 15 is 0 Å². The number of nitrogen functional groups attached to an aromatic ring is 1. The van der Waals surface area contributed by atoms with Crippen LogP contribution in [0.2, 0.25) is 0 Å². The summed E-state index contributed by atoms with van der Waals surface area (Å²) in [5, 5.41) is 3.25. The summed E-state index contributed by atoms with van der Waals surface area (Å²) in [4.78, 5) is 4.38. The molecule has 0 amide bonds. The molecule has 5 nitrogen and oxygen atoms in total. The number of hydrogen-bond donors (Lipinski definition) is 2. The second kappa shape index (κ2) is 7.38. The standard InChI is InChI=1S/C16H21N3O2/c1-3-10-21-16-13(17)8-9-15(19-16)18-11-12-6-4-5-7-14(12)20-2/h4-9H,3,10-11,17H2,1-2H3,(H,18,19). The van der Waals surface area contributed by atoms with Gasteiger partial charge in [0.25, 0.3) is 0 Å². The Labute approximate surface area is 125 Å². The van der Waals surface area contributed by atoms with Gasteiger partial charge in [-0.25, -0.2) is 0 Å². The number of benzene rings is 1. The molecule has 2 rings (SSSR count). The SMILES string of the molecule is CCCOc1nc(NCc2ccccc2OC)ccc1N. The molecule has 0 aliphatic carbocycles. The summed E-state index contributed by atoms with van der Waals surface area (Å²) in [6.07, 6.45) is 0.917. The van der Waals surface area contributed by atoms with Crippen LogP contribution in [-0.2, 0) is 6.54 Å². The largest absolute Gasteiger partial charge is 0.496 e. The van der Waals surface area contributed by atoms with Crippen molar-refractivity contribution in [3.8, 4) is 11.6 Å². The molecule has 0 aliphatic rings. The van der Waals surface area contributed by atoms with Crippen molar-refractivity contribution in [2.75, 3.05) is 24.8 Å². The summed E-state index contributed by atoms with van der Waals surface area (Å²) in [5.74, 6) is 2.05. The lowest BCUT2D eigenvalue weighted by molar-refractivity contribution is 0.307. The topological polar surface area (TPSA) is 69.4 Å². The molecule has 0 spiro atoms. The van der Waals surface area contributed by atoms with Gasteiger partial charge in [-0.15, -0.1) is 0 Å². The summed E-state index contributed by atoms with van der Waals surface area (Å²) >= 11 is 0. The van der Waals surface area contributed by atoms with E-state index in [2.05, 4.69) is 10.3 Å². The molecule has 1 heterocycles. The summed E-state index contributed by atoms with van der Waals surface area (Å²) in [6.45, 7) is 3.27. The third-order valence-corrected chi connectivity index (χ3v) is 2.99. The van der Waals surface area contributed by atoms with Crippen molar-refractivity contribution in [1.82, 2.24) is 4.98 Å². The van der Waals surface area contributed by atoms with Crippen LogP contribution in [0.3, 0.4) is 0 Å². The lowest BCUT2D eigenvalue weighted by Crippen LogP contribution is -2.06. The van der Waals surface area contributed by atoms with Gasteiger partial charge in [0.1, 0.15) is 11.6 Å². The lowest BCUT2D eigenvalue weighted by Gasteiger charge is -2.12. The summed E-state index contributed by atoms with van der Waals surface area (Å²) in [6, 6.07) is 11.5. The van der Waals surface area contributed by atoms with Gasteiger partial charge < -0.3 is 20.5 Å². The highest BCUT2D eigenvalue weighted by atomic mass is 16.5. The lowest BCUT2D eigenvalue weighted by atomic mass is 10.2. The number of nitrogens with zero attached hydrogens (tertiary/aromatic N) is 1. The summed E-state index contributed by atoms with van der Waals surface area (Å²) in [5.41, 5.74) is 7.46. The molecule has 0 radical (unpaired) electrons. The maximum absolute atomic E-state index is 5.85. The Bertz CT molecular complexity index is 587. The van der Waals surface area contributed by atoms with E-state index in [0.29, 0.717) is 24.7 Å². The van der Waals surface area contributed by atoms with Crippen molar-refractivity contribution in [1.29, 1.82) is 0 Å². The van der Waals surface area contributed by atoms with Crippen LogP contribution in [0, 0.1) is 0 Å². The van der Waals surface area contributed by atoms with Gasteiger partial charge >= 0.3 is 0 Å². The molecule has 0 aliphatic heterocycles. The number of nitrogens with one attached hydrogen (secondary N) is 1. The van der Waals surface area contributed by atoms with Crippen molar-refractivity contribution < 1.29 is 9.47 Å². The third kappa shape index (κ3) is 4.02. The minimum absolute atomic E-state index is 0.474. The van der Waals surface area contributed by atoms with Gasteiger partial charge in [-0.05, 0) is 24.6 Å². The number of pyridine rings is 1. The van der Waals surface area contributed by atoms with Crippen LogP contribution in [0.25, 0.3) is 0 Å². The highest BCUT2D eigenvalue weighted by Crippen LogP contribution is 2.23. The second-order valence-electron chi connectivity index (χ2n) is 4.60. The van der Waals surface area contributed by atoms with Crippen LogP contribution in [-0.4, -0.2) is 18.7 Å². The Morgan fingerprint density at radius 3 is 2.76 bits per heavy atom. The molecule has 0 saturated heterocycles. The monoisotopic (exact) mass is 287 g/mol. The van der Waals surface area contributed by atoms with Gasteiger partial charge in [0, 0.05) is 12.1 Å². The molecule has 21 heavy (non-hydrogen) atoms. The molecule has 1 aromatic heterocycles. The van der Waals surface area contributed by atoms with Gasteiger partial charge in [-0.3, -0.25) is 0 Å². The maximum Gasteiger partial charge on any atom is 0.239 e. The van der Waals surface area contributed by atoms with E-state index in [1.807, 2.05) is 37.3 Å². The van der Waals surface area contributed by atoms with E-state index in [9.17, 15) is 0 Å². The van der Waals surface area contributed by atoms with Gasteiger partial charge in [0.15, 0.2) is 0 Å². The van der Waals surface area contributed by atoms with Crippen molar-refractivity contribution in [3.05, 3.63) is 42.0 Å². The second-order valence-corrected chi connectivity index (χ2v) is 4.60. The summed E-state index contributed by atoms with van der Waals surface area (Å²) < 4.78 is 10.8. The van der Waals surface area contributed by atoms with Gasteiger partial charge in [0.05, 0.1) is 19.4 Å². The molecular formula is C16H21N3O2. The molecule has 0 saturated carbocycles. The third-order valence-electron chi connectivity index (χ3n) is 2.99. The normalized spacial score (nSPS) is 10.2. The van der Waals surface area contributed by atoms with Crippen LogP contribution in [0.15, 0.2) is 36.4 Å². The van der Waals surface area contributed by atoms with Crippen molar-refractivity contribution >= 4 is 11.5 Å². The van der Waals surface area contributed by atoms with E-state index in [-0.39, 0.29) is 0 Å². The molecule has 0 unspecified atom stereocenters. The van der Waals surface area contributed by atoms with E-state index < -0.39 is 0 Å². The first-order chi connectivity index (χ1) is 10.2. The van der Waals surface area contributed by atoms with Crippen molar-refractivity contribution in [2.24, 2.45) is 0 Å². The Morgan fingerprint density at radius 2 is 2.00 bits per heavy atom. The van der Waals surface area contributed by atoms with Crippen LogP contribution in [0.5, 0.6) is 11.6 Å². The first-order valence-corrected chi connectivity index (χ1v) is 6.99. The number of rotatable bonds is 7. The molecule has 0 fully saturated rings. The highest BCUT2D eigenvalue weighted by Gasteiger charge is 2.06. The molecular weight excluding hydrogens is 266 g/mol. The maximum atomic E-state index is 5.85. The van der Waals surface area contributed by atoms with Crippen LogP contribution >= 0.6 is 0 Å². The number of nitrogens with two attached hydrogens (primary N) is 1. The average Bonchev–Trinajstić information content (AvgIpc) is 2.53. The zero-order valence-corrected chi connectivity index (χ0v) is 12.4. The number of hydrogen-bond acceptors (Lipinski definition) is 5. The van der Waals surface area contributed by atoms with E-state index in [1.165, 1.54) is 0 Å². The zero-order chi connectivity index (χ0) is 15.1. The van der Waals surface area contributed by atoms with Gasteiger partial charge in [-0.2, -0.15) is 4.98 Å². The van der Waals surface area contributed by atoms with E-state index in [1.54, 1.807) is 13.2 Å². The number of ether oxygens (including phenoxy) is 2. The van der Waals surface area contributed by atoms with Crippen LogP contribution in [0.1, 0.15) is 18.9 Å². The zero-order valence-electron chi connectivity index (χ0n) is 12.4. The Kier molecular flexibility index (Phi) is 5.26. The molecule has 2 aromatic rings. The molecule has 5 heteroatoms. The Balaban J connectivity index is 2.06.